The summed E-state index contributed by atoms with van der Waals surface area (Å²) < 4.78 is 39.7. The van der Waals surface area contributed by atoms with Gasteiger partial charge in [-0.1, -0.05) is 0 Å². The second-order valence-electron chi connectivity index (χ2n) is 4.33. The molecule has 9 heteroatoms. The van der Waals surface area contributed by atoms with Gasteiger partial charge in [0.2, 0.25) is 5.82 Å². The Labute approximate surface area is 116 Å². The molecule has 0 fully saturated rings. The summed E-state index contributed by atoms with van der Waals surface area (Å²) in [6.07, 6.45) is -4.80. The van der Waals surface area contributed by atoms with Crippen molar-refractivity contribution >= 4 is 17.0 Å². The monoisotopic (exact) mass is 304 g/mol. The van der Waals surface area contributed by atoms with Crippen molar-refractivity contribution in [1.82, 2.24) is 9.55 Å². The number of aromatic nitrogens is 2. The predicted octanol–water partition coefficient (Wildman–Crippen LogP) is 1.28. The van der Waals surface area contributed by atoms with E-state index in [0.717, 1.165) is 18.2 Å². The fraction of sp³-hybridized carbons (Fsp3) is 0.333. The Balaban J connectivity index is 2.79. The molecule has 3 N–H and O–H groups in total. The molecule has 0 saturated heterocycles. The lowest BCUT2D eigenvalue weighted by Crippen LogP contribution is -2.24. The maximum atomic E-state index is 13.0. The lowest BCUT2D eigenvalue weighted by Gasteiger charge is -2.18. The number of aliphatic hydroxyl groups excluding tert-OH is 2. The van der Waals surface area contributed by atoms with Gasteiger partial charge in [-0.05, 0) is 18.2 Å². The van der Waals surface area contributed by atoms with E-state index in [4.69, 9.17) is 15.3 Å². The van der Waals surface area contributed by atoms with Crippen LogP contribution in [0, 0.1) is 0 Å². The minimum Gasteiger partial charge on any atom is -0.478 e. The first kappa shape index (κ1) is 15.3. The van der Waals surface area contributed by atoms with Crippen molar-refractivity contribution in [1.29, 1.82) is 0 Å². The van der Waals surface area contributed by atoms with Crippen LogP contribution in [0.2, 0.25) is 0 Å². The molecular formula is C12H11F3N2O4. The number of fused-ring (bicyclic) bond motifs is 1. The molecule has 2 aromatic rings. The fourth-order valence-electron chi connectivity index (χ4n) is 2.02. The van der Waals surface area contributed by atoms with Crippen molar-refractivity contribution in [2.24, 2.45) is 0 Å². The molecule has 1 aromatic heterocycles. The van der Waals surface area contributed by atoms with Gasteiger partial charge in [0.15, 0.2) is 0 Å². The number of imidazole rings is 1. The summed E-state index contributed by atoms with van der Waals surface area (Å²) in [7, 11) is 0. The molecule has 1 aromatic carbocycles. The number of aromatic carboxylic acids is 1. The topological polar surface area (TPSA) is 95.6 Å². The summed E-state index contributed by atoms with van der Waals surface area (Å²) in [5.74, 6) is -2.60. The van der Waals surface area contributed by atoms with Crippen molar-refractivity contribution in [2.75, 3.05) is 13.2 Å². The zero-order chi connectivity index (χ0) is 15.8. The number of nitrogens with zero attached hydrogens (tertiary/aromatic N) is 2. The Morgan fingerprint density at radius 1 is 1.29 bits per heavy atom. The third-order valence-electron chi connectivity index (χ3n) is 2.98. The molecule has 21 heavy (non-hydrogen) atoms. The predicted molar refractivity (Wildman–Crippen MR) is 64.9 cm³/mol. The first-order valence-electron chi connectivity index (χ1n) is 5.83. The maximum Gasteiger partial charge on any atom is 0.449 e. The van der Waals surface area contributed by atoms with Crippen molar-refractivity contribution in [2.45, 2.75) is 12.2 Å². The van der Waals surface area contributed by atoms with E-state index in [0.29, 0.717) is 4.57 Å². The third kappa shape index (κ3) is 2.69. The van der Waals surface area contributed by atoms with Gasteiger partial charge in [0, 0.05) is 0 Å². The number of carboxylic acid groups (broad SMARTS) is 1. The van der Waals surface area contributed by atoms with Gasteiger partial charge in [-0.25, -0.2) is 9.78 Å². The van der Waals surface area contributed by atoms with E-state index in [2.05, 4.69) is 4.98 Å². The molecule has 6 nitrogen and oxygen atoms in total. The van der Waals surface area contributed by atoms with E-state index < -0.39 is 37.2 Å². The van der Waals surface area contributed by atoms with Gasteiger partial charge in [-0.3, -0.25) is 0 Å². The normalized spacial score (nSPS) is 12.3. The molecule has 1 heterocycles. The Morgan fingerprint density at radius 3 is 2.38 bits per heavy atom. The summed E-state index contributed by atoms with van der Waals surface area (Å²) in [5, 5.41) is 27.2. The summed E-state index contributed by atoms with van der Waals surface area (Å²) >= 11 is 0. The van der Waals surface area contributed by atoms with Gasteiger partial charge in [-0.15, -0.1) is 0 Å². The third-order valence-corrected chi connectivity index (χ3v) is 2.98. The minimum absolute atomic E-state index is 0.0702. The molecule has 2 rings (SSSR count). The highest BCUT2D eigenvalue weighted by molar-refractivity contribution is 5.92. The molecule has 0 aliphatic rings. The van der Waals surface area contributed by atoms with Crippen molar-refractivity contribution in [3.63, 3.8) is 0 Å². The highest BCUT2D eigenvalue weighted by Crippen LogP contribution is 2.34. The van der Waals surface area contributed by atoms with E-state index >= 15 is 0 Å². The Morgan fingerprint density at radius 2 is 1.90 bits per heavy atom. The van der Waals surface area contributed by atoms with Crippen LogP contribution in [0.15, 0.2) is 18.2 Å². The number of alkyl halides is 3. The molecular weight excluding hydrogens is 293 g/mol. The quantitative estimate of drug-likeness (QED) is 0.791. The van der Waals surface area contributed by atoms with Crippen molar-refractivity contribution in [3.05, 3.63) is 29.6 Å². The smallest absolute Gasteiger partial charge is 0.449 e. The molecule has 0 aliphatic carbocycles. The number of carboxylic acids is 1. The second-order valence-corrected chi connectivity index (χ2v) is 4.33. The first-order chi connectivity index (χ1) is 9.79. The van der Waals surface area contributed by atoms with E-state index in [9.17, 15) is 18.0 Å². The minimum atomic E-state index is -4.80. The van der Waals surface area contributed by atoms with Gasteiger partial charge in [0.1, 0.15) is 0 Å². The van der Waals surface area contributed by atoms with Gasteiger partial charge in [-0.2, -0.15) is 13.2 Å². The van der Waals surface area contributed by atoms with Gasteiger partial charge < -0.3 is 19.9 Å². The lowest BCUT2D eigenvalue weighted by atomic mass is 10.2. The first-order valence-corrected chi connectivity index (χ1v) is 5.83. The lowest BCUT2D eigenvalue weighted by molar-refractivity contribution is -0.148. The highest BCUT2D eigenvalue weighted by atomic mass is 19.4. The zero-order valence-electron chi connectivity index (χ0n) is 10.5. The molecule has 114 valence electrons. The Bertz CT molecular complexity index is 677. The Kier molecular flexibility index (Phi) is 3.88. The van der Waals surface area contributed by atoms with E-state index in [1.165, 1.54) is 0 Å². The maximum absolute atomic E-state index is 13.0. The number of aliphatic hydroxyl groups is 2. The molecule has 0 amide bonds. The number of hydrogen-bond donors (Lipinski definition) is 3. The van der Waals surface area contributed by atoms with Crippen LogP contribution in [0.3, 0.4) is 0 Å². The van der Waals surface area contributed by atoms with Crippen LogP contribution in [0.5, 0.6) is 0 Å². The molecule has 0 aliphatic heterocycles. The second kappa shape index (κ2) is 5.34. The molecule has 0 saturated carbocycles. The highest BCUT2D eigenvalue weighted by Gasteiger charge is 2.39. The number of halogens is 3. The largest absolute Gasteiger partial charge is 0.478 e. The fourth-order valence-corrected chi connectivity index (χ4v) is 2.02. The van der Waals surface area contributed by atoms with Crippen LogP contribution in [0.4, 0.5) is 13.2 Å². The number of carbonyl (C=O) groups is 1. The van der Waals surface area contributed by atoms with E-state index in [1.807, 2.05) is 0 Å². The van der Waals surface area contributed by atoms with Crippen LogP contribution in [-0.2, 0) is 6.18 Å². The average molecular weight is 304 g/mol. The standard InChI is InChI=1S/C12H11F3N2O4/c13-12(14,15)11-16-8-2-1-6(10(20)21)3-9(8)17(11)7(4-18)5-19/h1-3,7,18-19H,4-5H2,(H,20,21). The van der Waals surface area contributed by atoms with Crippen LogP contribution < -0.4 is 0 Å². The van der Waals surface area contributed by atoms with E-state index in [1.54, 1.807) is 0 Å². The average Bonchev–Trinajstić information content (AvgIpc) is 2.79. The summed E-state index contributed by atoms with van der Waals surface area (Å²) in [6.45, 7) is -1.50. The summed E-state index contributed by atoms with van der Waals surface area (Å²) in [6, 6.07) is 2.04. The van der Waals surface area contributed by atoms with E-state index in [-0.39, 0.29) is 16.6 Å². The number of rotatable bonds is 4. The molecule has 0 bridgehead atoms. The molecule has 0 spiro atoms. The van der Waals surface area contributed by atoms with Gasteiger partial charge in [0.25, 0.3) is 0 Å². The summed E-state index contributed by atoms with van der Waals surface area (Å²) in [4.78, 5) is 14.3. The molecule has 0 unspecified atom stereocenters. The Hall–Kier alpha value is -2.13. The van der Waals surface area contributed by atoms with Crippen LogP contribution in [0.1, 0.15) is 22.2 Å². The molecule has 0 radical (unpaired) electrons. The van der Waals surface area contributed by atoms with Gasteiger partial charge in [0.05, 0.1) is 35.9 Å². The van der Waals surface area contributed by atoms with Crippen LogP contribution in [-0.4, -0.2) is 44.1 Å². The van der Waals surface area contributed by atoms with Crippen molar-refractivity contribution in [3.8, 4) is 0 Å². The van der Waals surface area contributed by atoms with Gasteiger partial charge >= 0.3 is 12.1 Å². The molecule has 0 atom stereocenters. The number of benzene rings is 1. The van der Waals surface area contributed by atoms with Crippen LogP contribution >= 0.6 is 0 Å². The van der Waals surface area contributed by atoms with Crippen molar-refractivity contribution < 1.29 is 33.3 Å². The number of hydrogen-bond acceptors (Lipinski definition) is 4. The SMILES string of the molecule is O=C(O)c1ccc2nc(C(F)(F)F)n(C(CO)CO)c2c1. The van der Waals surface area contributed by atoms with Crippen LogP contribution in [0.25, 0.3) is 11.0 Å². The summed E-state index contributed by atoms with van der Waals surface area (Å²) in [5.41, 5.74) is -0.401. The zero-order valence-corrected chi connectivity index (χ0v) is 10.5.